The molecule has 1 aromatic rings. The summed E-state index contributed by atoms with van der Waals surface area (Å²) >= 11 is 0. The summed E-state index contributed by atoms with van der Waals surface area (Å²) in [5.41, 5.74) is 1.22. The minimum absolute atomic E-state index is 0.144. The molecule has 8 heteroatoms. The first-order valence-corrected chi connectivity index (χ1v) is 9.31. The maximum Gasteiger partial charge on any atom is 0.351 e. The van der Waals surface area contributed by atoms with Crippen molar-refractivity contribution in [2.24, 2.45) is 0 Å². The number of rotatable bonds is 3. The molecule has 0 amide bonds. The summed E-state index contributed by atoms with van der Waals surface area (Å²) in [6.45, 7) is 8.39. The van der Waals surface area contributed by atoms with Crippen molar-refractivity contribution in [3.8, 4) is 0 Å². The van der Waals surface area contributed by atoms with Gasteiger partial charge in [-0.3, -0.25) is 9.80 Å². The Hall–Kier alpha value is -2.03. The second-order valence-corrected chi connectivity index (χ2v) is 7.22. The van der Waals surface area contributed by atoms with Crippen molar-refractivity contribution in [1.29, 1.82) is 0 Å². The Balaban J connectivity index is 0.000000380. The maximum atomic E-state index is 12.9. The Kier molecular flexibility index (Phi) is 8.15. The number of carbonyl (C=O) groups is 2. The molecule has 1 aromatic carbocycles. The molecule has 0 radical (unpaired) electrons. The molecule has 27 heavy (non-hydrogen) atoms. The number of hydrogen-bond acceptors (Lipinski definition) is 5. The van der Waals surface area contributed by atoms with Gasteiger partial charge in [0, 0.05) is 25.7 Å². The van der Waals surface area contributed by atoms with Crippen molar-refractivity contribution in [3.05, 3.63) is 35.6 Å². The molecule has 0 bridgehead atoms. The Bertz CT molecular complexity index is 598. The lowest BCUT2D eigenvalue weighted by Gasteiger charge is -2.40. The molecule has 2 N–H and O–H groups in total. The summed E-state index contributed by atoms with van der Waals surface area (Å²) in [5, 5.41) is 16.3. The number of likely N-dealkylation sites (tertiary alicyclic amines) is 1. The Morgan fingerprint density at radius 2 is 1.67 bits per heavy atom. The number of quaternary nitrogens is 1. The van der Waals surface area contributed by atoms with Gasteiger partial charge in [0.15, 0.2) is 5.97 Å². The van der Waals surface area contributed by atoms with Crippen LogP contribution >= 0.6 is 0 Å². The van der Waals surface area contributed by atoms with Crippen LogP contribution in [0.5, 0.6) is 0 Å². The third kappa shape index (κ3) is 7.24. The lowest BCUT2D eigenvalue weighted by atomic mass is 10.0. The minimum atomic E-state index is -2.07. The minimum Gasteiger partial charge on any atom is -0.539 e. The predicted octanol–water partition coefficient (Wildman–Crippen LogP) is -1.56. The van der Waals surface area contributed by atoms with E-state index in [0.717, 1.165) is 12.6 Å². The number of benzene rings is 1. The number of nitrogens with zero attached hydrogens (tertiary/aromatic N) is 2. The number of aliphatic carboxylic acids is 2. The largest absolute Gasteiger partial charge is 0.539 e. The van der Waals surface area contributed by atoms with E-state index < -0.39 is 11.9 Å². The van der Waals surface area contributed by atoms with Crippen LogP contribution in [0, 0.1) is 5.82 Å². The molecule has 0 aliphatic carbocycles. The van der Waals surface area contributed by atoms with E-state index in [1.54, 1.807) is 17.0 Å². The second kappa shape index (κ2) is 10.3. The van der Waals surface area contributed by atoms with Crippen LogP contribution in [0.3, 0.4) is 0 Å². The first kappa shape index (κ1) is 21.3. The van der Waals surface area contributed by atoms with Gasteiger partial charge in [0.25, 0.3) is 0 Å². The molecule has 0 spiro atoms. The molecule has 150 valence electrons. The number of piperazine rings is 1. The van der Waals surface area contributed by atoms with Crippen LogP contribution in [0.1, 0.15) is 18.4 Å². The Labute approximate surface area is 159 Å². The van der Waals surface area contributed by atoms with E-state index in [2.05, 4.69) is 16.8 Å². The zero-order valence-corrected chi connectivity index (χ0v) is 15.7. The number of halogens is 1. The fraction of sp³-hybridized carbons (Fsp3) is 0.579. The van der Waals surface area contributed by atoms with Crippen molar-refractivity contribution in [2.75, 3.05) is 46.3 Å². The third-order valence-electron chi connectivity index (χ3n) is 5.22. The van der Waals surface area contributed by atoms with Crippen LogP contribution in [-0.2, 0) is 16.1 Å². The van der Waals surface area contributed by atoms with Gasteiger partial charge in [-0.15, -0.1) is 0 Å². The standard InChI is InChI=1S/C17H26FN3.C2H2O4/c1-19-10-12-21(13-11-19)17-6-8-20(9-7-17)14-15-2-4-16(18)5-3-15;3-1(4)2(5)6/h2-5,17H,6-14H2,1H3;(H,3,4)(H,5,6). The van der Waals surface area contributed by atoms with Crippen LogP contribution in [0.2, 0.25) is 0 Å². The summed E-state index contributed by atoms with van der Waals surface area (Å²) in [6, 6.07) is 7.72. The summed E-state index contributed by atoms with van der Waals surface area (Å²) in [4.78, 5) is 24.9. The van der Waals surface area contributed by atoms with Crippen LogP contribution in [0.15, 0.2) is 24.3 Å². The van der Waals surface area contributed by atoms with E-state index in [0.29, 0.717) is 0 Å². The SMILES string of the molecule is C[NH+]1CCN(C2CCN(Cc3ccc(F)cc3)CC2)CC1.O=C([O-])C(=O)O. The monoisotopic (exact) mass is 381 g/mol. The molecule has 2 saturated heterocycles. The van der Waals surface area contributed by atoms with E-state index in [1.165, 1.54) is 57.7 Å². The highest BCUT2D eigenvalue weighted by Crippen LogP contribution is 2.18. The van der Waals surface area contributed by atoms with Crippen molar-refractivity contribution < 1.29 is 29.1 Å². The Morgan fingerprint density at radius 3 is 2.15 bits per heavy atom. The second-order valence-electron chi connectivity index (χ2n) is 7.22. The van der Waals surface area contributed by atoms with Crippen LogP contribution in [0.25, 0.3) is 0 Å². The van der Waals surface area contributed by atoms with E-state index >= 15 is 0 Å². The summed E-state index contributed by atoms with van der Waals surface area (Å²) in [5.74, 6) is -4.15. The van der Waals surface area contributed by atoms with Crippen molar-refractivity contribution in [3.63, 3.8) is 0 Å². The zero-order valence-electron chi connectivity index (χ0n) is 15.7. The van der Waals surface area contributed by atoms with Crippen molar-refractivity contribution in [1.82, 2.24) is 9.80 Å². The summed E-state index contributed by atoms with van der Waals surface area (Å²) in [7, 11) is 2.29. The fourth-order valence-electron chi connectivity index (χ4n) is 3.56. The van der Waals surface area contributed by atoms with E-state index in [9.17, 15) is 4.39 Å². The molecule has 0 aromatic heterocycles. The predicted molar refractivity (Wildman–Crippen MR) is 95.5 cm³/mol. The molecule has 0 atom stereocenters. The van der Waals surface area contributed by atoms with Gasteiger partial charge in [0.1, 0.15) is 5.82 Å². The quantitative estimate of drug-likeness (QED) is 0.616. The van der Waals surface area contributed by atoms with Gasteiger partial charge in [0.2, 0.25) is 0 Å². The third-order valence-corrected chi connectivity index (χ3v) is 5.22. The van der Waals surface area contributed by atoms with Gasteiger partial charge in [-0.05, 0) is 43.6 Å². The summed E-state index contributed by atoms with van der Waals surface area (Å²) < 4.78 is 12.9. The topological polar surface area (TPSA) is 88.4 Å². The number of nitrogens with one attached hydrogen (secondary N) is 1. The van der Waals surface area contributed by atoms with E-state index in [1.807, 2.05) is 12.1 Å². The fourth-order valence-corrected chi connectivity index (χ4v) is 3.56. The van der Waals surface area contributed by atoms with Gasteiger partial charge in [-0.25, -0.2) is 9.18 Å². The molecular weight excluding hydrogens is 353 g/mol. The molecule has 0 saturated carbocycles. The normalized spacial score (nSPS) is 19.9. The molecule has 2 aliphatic heterocycles. The van der Waals surface area contributed by atoms with Gasteiger partial charge < -0.3 is 19.9 Å². The lowest BCUT2D eigenvalue weighted by molar-refractivity contribution is -0.884. The highest BCUT2D eigenvalue weighted by molar-refractivity contribution is 6.26. The van der Waals surface area contributed by atoms with Crippen LogP contribution < -0.4 is 10.0 Å². The van der Waals surface area contributed by atoms with E-state index in [4.69, 9.17) is 19.8 Å². The molecule has 2 fully saturated rings. The highest BCUT2D eigenvalue weighted by Gasteiger charge is 2.27. The molecular formula is C19H28FN3O4. The number of piperidine rings is 1. The zero-order chi connectivity index (χ0) is 19.8. The first-order valence-electron chi connectivity index (χ1n) is 9.31. The average molecular weight is 381 g/mol. The number of carboxylic acid groups (broad SMARTS) is 2. The van der Waals surface area contributed by atoms with Crippen LogP contribution in [-0.4, -0.2) is 79.2 Å². The van der Waals surface area contributed by atoms with Gasteiger partial charge in [-0.1, -0.05) is 12.1 Å². The number of hydrogen-bond donors (Lipinski definition) is 2. The molecule has 3 rings (SSSR count). The average Bonchev–Trinajstić information content (AvgIpc) is 2.65. The van der Waals surface area contributed by atoms with Crippen LogP contribution in [0.4, 0.5) is 4.39 Å². The van der Waals surface area contributed by atoms with Crippen molar-refractivity contribution >= 4 is 11.9 Å². The highest BCUT2D eigenvalue weighted by atomic mass is 19.1. The Morgan fingerprint density at radius 1 is 1.15 bits per heavy atom. The van der Waals surface area contributed by atoms with Gasteiger partial charge >= 0.3 is 5.97 Å². The van der Waals surface area contributed by atoms with E-state index in [-0.39, 0.29) is 5.82 Å². The maximum absolute atomic E-state index is 12.9. The van der Waals surface area contributed by atoms with Gasteiger partial charge in [-0.2, -0.15) is 0 Å². The smallest absolute Gasteiger partial charge is 0.351 e. The first-order chi connectivity index (χ1) is 12.8. The molecule has 0 unspecified atom stereocenters. The number of likely N-dealkylation sites (N-methyl/N-ethyl adjacent to an activating group) is 1. The summed E-state index contributed by atoms with van der Waals surface area (Å²) in [6.07, 6.45) is 2.56. The lowest BCUT2D eigenvalue weighted by Crippen LogP contribution is -3.12. The molecule has 2 heterocycles. The van der Waals surface area contributed by atoms with Crippen molar-refractivity contribution in [2.45, 2.75) is 25.4 Å². The molecule has 2 aliphatic rings. The van der Waals surface area contributed by atoms with Gasteiger partial charge in [0.05, 0.1) is 20.1 Å². The number of carbonyl (C=O) groups excluding carboxylic acids is 1. The molecule has 7 nitrogen and oxygen atoms in total. The number of carboxylic acids is 2.